The van der Waals surface area contributed by atoms with Gasteiger partial charge in [0.2, 0.25) is 0 Å². The number of halogens is 1. The lowest BCUT2D eigenvalue weighted by atomic mass is 10.6. The molecule has 4 nitrogen and oxygen atoms in total. The quantitative estimate of drug-likeness (QED) is 0.691. The zero-order chi connectivity index (χ0) is 8.27. The molecular weight excluding hydrogens is 212 g/mol. The smallest absolute Gasteiger partial charge is 0.325 e. The number of nitrogens with zero attached hydrogens (tertiary/aromatic N) is 2. The molecular formula is C6H7BrN2O2. The summed E-state index contributed by atoms with van der Waals surface area (Å²) in [4.78, 5) is 14.6. The summed E-state index contributed by atoms with van der Waals surface area (Å²) in [6.45, 7) is 0.192. The van der Waals surface area contributed by atoms with E-state index >= 15 is 0 Å². The van der Waals surface area contributed by atoms with Crippen LogP contribution in [0.5, 0.6) is 0 Å². The molecule has 0 saturated carbocycles. The Morgan fingerprint density at radius 1 is 1.91 bits per heavy atom. The molecule has 0 fully saturated rings. The Morgan fingerprint density at radius 3 is 3.09 bits per heavy atom. The fourth-order valence-corrected chi connectivity index (χ4v) is 0.960. The van der Waals surface area contributed by atoms with Crippen molar-refractivity contribution in [3.05, 3.63) is 17.1 Å². The Morgan fingerprint density at radius 2 is 2.64 bits per heavy atom. The second-order valence-electron chi connectivity index (χ2n) is 1.92. The first-order chi connectivity index (χ1) is 5.24. The Hall–Kier alpha value is -0.840. The number of carbonyl (C=O) groups is 1. The molecule has 0 radical (unpaired) electrons. The number of imidazole rings is 1. The summed E-state index contributed by atoms with van der Waals surface area (Å²) >= 11 is 3.22. The topological polar surface area (TPSA) is 44.1 Å². The van der Waals surface area contributed by atoms with E-state index in [1.165, 1.54) is 7.11 Å². The van der Waals surface area contributed by atoms with E-state index in [9.17, 15) is 4.79 Å². The van der Waals surface area contributed by atoms with Crippen LogP contribution in [0.1, 0.15) is 0 Å². The van der Waals surface area contributed by atoms with E-state index in [0.29, 0.717) is 0 Å². The maximum Gasteiger partial charge on any atom is 0.325 e. The fourth-order valence-electron chi connectivity index (χ4n) is 0.625. The van der Waals surface area contributed by atoms with E-state index in [2.05, 4.69) is 25.7 Å². The highest BCUT2D eigenvalue weighted by Crippen LogP contribution is 2.07. The minimum absolute atomic E-state index is 0.192. The van der Waals surface area contributed by atoms with Crippen LogP contribution < -0.4 is 0 Å². The molecule has 0 saturated heterocycles. The molecule has 0 amide bonds. The number of esters is 1. The highest BCUT2D eigenvalue weighted by atomic mass is 79.9. The number of rotatable bonds is 2. The summed E-state index contributed by atoms with van der Waals surface area (Å²) in [7, 11) is 1.35. The van der Waals surface area contributed by atoms with E-state index in [4.69, 9.17) is 0 Å². The van der Waals surface area contributed by atoms with Gasteiger partial charge in [0.25, 0.3) is 0 Å². The summed E-state index contributed by atoms with van der Waals surface area (Å²) in [5, 5.41) is 0. The third-order valence-electron chi connectivity index (χ3n) is 1.19. The molecule has 1 heterocycles. The molecule has 0 spiro atoms. The molecule has 0 aliphatic carbocycles. The average Bonchev–Trinajstić information content (AvgIpc) is 2.37. The summed E-state index contributed by atoms with van der Waals surface area (Å²) < 4.78 is 6.88. The summed E-state index contributed by atoms with van der Waals surface area (Å²) in [5.41, 5.74) is 0. The molecule has 1 aromatic rings. The lowest BCUT2D eigenvalue weighted by molar-refractivity contribution is -0.141. The van der Waals surface area contributed by atoms with E-state index < -0.39 is 0 Å². The highest BCUT2D eigenvalue weighted by molar-refractivity contribution is 9.10. The Bertz CT molecular complexity index is 259. The van der Waals surface area contributed by atoms with Crippen LogP contribution in [0.15, 0.2) is 17.1 Å². The number of aromatic nitrogens is 2. The number of hydrogen-bond donors (Lipinski definition) is 0. The van der Waals surface area contributed by atoms with Crippen LogP contribution in [0.25, 0.3) is 0 Å². The molecule has 0 atom stereocenters. The number of ether oxygens (including phenoxy) is 1. The van der Waals surface area contributed by atoms with Crippen molar-refractivity contribution in [2.45, 2.75) is 6.54 Å². The van der Waals surface area contributed by atoms with Gasteiger partial charge in [-0.05, 0) is 15.9 Å². The van der Waals surface area contributed by atoms with Gasteiger partial charge in [-0.25, -0.2) is 4.98 Å². The Labute approximate surface area is 72.3 Å². The van der Waals surface area contributed by atoms with Crippen LogP contribution in [0.3, 0.4) is 0 Å². The minimum atomic E-state index is -0.288. The molecule has 0 aromatic carbocycles. The van der Waals surface area contributed by atoms with Gasteiger partial charge in [0.05, 0.1) is 19.6 Å². The lowest BCUT2D eigenvalue weighted by Crippen LogP contribution is -2.10. The van der Waals surface area contributed by atoms with Gasteiger partial charge in [-0.1, -0.05) is 0 Å². The van der Waals surface area contributed by atoms with Crippen molar-refractivity contribution in [2.75, 3.05) is 7.11 Å². The van der Waals surface area contributed by atoms with Gasteiger partial charge in [-0.2, -0.15) is 0 Å². The molecule has 0 aliphatic heterocycles. The largest absolute Gasteiger partial charge is 0.468 e. The van der Waals surface area contributed by atoms with E-state index in [-0.39, 0.29) is 12.5 Å². The van der Waals surface area contributed by atoms with E-state index in [1.54, 1.807) is 17.1 Å². The van der Waals surface area contributed by atoms with Gasteiger partial charge in [-0.3, -0.25) is 4.79 Å². The molecule has 1 aromatic heterocycles. The van der Waals surface area contributed by atoms with Crippen LogP contribution in [0.2, 0.25) is 0 Å². The Kier molecular flexibility index (Phi) is 2.64. The molecule has 11 heavy (non-hydrogen) atoms. The van der Waals surface area contributed by atoms with Gasteiger partial charge in [-0.15, -0.1) is 0 Å². The number of hydrogen-bond acceptors (Lipinski definition) is 3. The molecule has 1 rings (SSSR count). The number of methoxy groups -OCH3 is 1. The van der Waals surface area contributed by atoms with Crippen molar-refractivity contribution in [1.82, 2.24) is 9.55 Å². The molecule has 0 aliphatic rings. The zero-order valence-electron chi connectivity index (χ0n) is 5.95. The predicted molar refractivity (Wildman–Crippen MR) is 41.9 cm³/mol. The van der Waals surface area contributed by atoms with Gasteiger partial charge >= 0.3 is 5.97 Å². The number of carbonyl (C=O) groups excluding carboxylic acids is 1. The van der Waals surface area contributed by atoms with Crippen LogP contribution in [-0.4, -0.2) is 22.6 Å². The van der Waals surface area contributed by atoms with Crippen molar-refractivity contribution in [2.24, 2.45) is 0 Å². The average molecular weight is 219 g/mol. The highest BCUT2D eigenvalue weighted by Gasteiger charge is 2.03. The standard InChI is InChI=1S/C6H7BrN2O2/c1-11-6(10)3-9-4-8-2-5(9)7/h2,4H,3H2,1H3. The second-order valence-corrected chi connectivity index (χ2v) is 2.73. The first-order valence-electron chi connectivity index (χ1n) is 2.96. The molecule has 0 bridgehead atoms. The first kappa shape index (κ1) is 8.26. The predicted octanol–water partition coefficient (Wildman–Crippen LogP) is 0.819. The molecule has 60 valence electrons. The van der Waals surface area contributed by atoms with E-state index in [1.807, 2.05) is 0 Å². The zero-order valence-corrected chi connectivity index (χ0v) is 7.54. The van der Waals surface area contributed by atoms with Crippen LogP contribution in [0, 0.1) is 0 Å². The van der Waals surface area contributed by atoms with Crippen LogP contribution >= 0.6 is 15.9 Å². The lowest BCUT2D eigenvalue weighted by Gasteiger charge is -2.00. The molecule has 5 heteroatoms. The third kappa shape index (κ3) is 2.04. The normalized spacial score (nSPS) is 9.64. The van der Waals surface area contributed by atoms with Gasteiger partial charge < -0.3 is 9.30 Å². The maximum atomic E-state index is 10.7. The minimum Gasteiger partial charge on any atom is -0.468 e. The monoisotopic (exact) mass is 218 g/mol. The van der Waals surface area contributed by atoms with E-state index in [0.717, 1.165) is 4.60 Å². The summed E-state index contributed by atoms with van der Waals surface area (Å²) in [6.07, 6.45) is 3.17. The first-order valence-corrected chi connectivity index (χ1v) is 3.76. The van der Waals surface area contributed by atoms with Crippen molar-refractivity contribution in [3.63, 3.8) is 0 Å². The van der Waals surface area contributed by atoms with Crippen LogP contribution in [-0.2, 0) is 16.1 Å². The third-order valence-corrected chi connectivity index (χ3v) is 1.85. The molecule has 0 unspecified atom stereocenters. The van der Waals surface area contributed by atoms with Gasteiger partial charge in [0, 0.05) is 0 Å². The maximum absolute atomic E-state index is 10.7. The van der Waals surface area contributed by atoms with Crippen molar-refractivity contribution in [3.8, 4) is 0 Å². The summed E-state index contributed by atoms with van der Waals surface area (Å²) in [5.74, 6) is -0.288. The fraction of sp³-hybridized carbons (Fsp3) is 0.333. The Balaban J connectivity index is 2.64. The molecule has 0 N–H and O–H groups in total. The van der Waals surface area contributed by atoms with Crippen molar-refractivity contribution >= 4 is 21.9 Å². The summed E-state index contributed by atoms with van der Waals surface area (Å²) in [6, 6.07) is 0. The van der Waals surface area contributed by atoms with Gasteiger partial charge in [0.1, 0.15) is 11.1 Å². The SMILES string of the molecule is COC(=O)Cn1cncc1Br. The van der Waals surface area contributed by atoms with Crippen LogP contribution in [0.4, 0.5) is 0 Å². The van der Waals surface area contributed by atoms with Crippen molar-refractivity contribution in [1.29, 1.82) is 0 Å². The van der Waals surface area contributed by atoms with Gasteiger partial charge in [0.15, 0.2) is 0 Å². The second kappa shape index (κ2) is 3.52. The van der Waals surface area contributed by atoms with Crippen molar-refractivity contribution < 1.29 is 9.53 Å².